The fourth-order valence-corrected chi connectivity index (χ4v) is 5.29. The van der Waals surface area contributed by atoms with Crippen molar-refractivity contribution in [1.82, 2.24) is 20.9 Å². The number of para-hydroxylation sites is 1. The van der Waals surface area contributed by atoms with Gasteiger partial charge < -0.3 is 36.9 Å². The topological polar surface area (TPSA) is 187 Å². The smallest absolute Gasteiger partial charge is 0.326 e. The van der Waals surface area contributed by atoms with Crippen LogP contribution in [0, 0.1) is 5.92 Å². The molecule has 8 N–H and O–H groups in total. The number of nitrogens with one attached hydrogen (secondary N) is 4. The molecule has 0 aliphatic carbocycles. The summed E-state index contributed by atoms with van der Waals surface area (Å²) in [7, 11) is 0. The zero-order chi connectivity index (χ0) is 33.2. The second-order valence-electron chi connectivity index (χ2n) is 11.9. The van der Waals surface area contributed by atoms with Gasteiger partial charge in [-0.25, -0.2) is 4.79 Å². The molecule has 0 aliphatic rings. The van der Waals surface area contributed by atoms with Crippen molar-refractivity contribution < 1.29 is 29.4 Å². The molecule has 4 unspecified atom stereocenters. The Bertz CT molecular complexity index is 1640. The van der Waals surface area contributed by atoms with E-state index < -0.39 is 47.9 Å². The van der Waals surface area contributed by atoms with Crippen molar-refractivity contribution in [3.63, 3.8) is 0 Å². The molecule has 4 aromatic rings. The third-order valence-electron chi connectivity index (χ3n) is 7.70. The largest absolute Gasteiger partial charge is 0.508 e. The van der Waals surface area contributed by atoms with E-state index in [4.69, 9.17) is 5.73 Å². The molecular formula is C35H41N5O6. The summed E-state index contributed by atoms with van der Waals surface area (Å²) in [5.41, 5.74) is 9.07. The number of benzene rings is 3. The Balaban J connectivity index is 1.57. The number of aromatic nitrogens is 1. The summed E-state index contributed by atoms with van der Waals surface area (Å²) in [6.07, 6.45) is 2.28. The number of fused-ring (bicyclic) bond motifs is 1. The van der Waals surface area contributed by atoms with E-state index in [0.29, 0.717) is 12.0 Å². The highest BCUT2D eigenvalue weighted by molar-refractivity contribution is 5.94. The van der Waals surface area contributed by atoms with Gasteiger partial charge >= 0.3 is 5.97 Å². The first kappa shape index (κ1) is 33.7. The van der Waals surface area contributed by atoms with Gasteiger partial charge in [0.05, 0.1) is 6.04 Å². The van der Waals surface area contributed by atoms with Crippen molar-refractivity contribution in [2.75, 3.05) is 0 Å². The molecule has 11 nitrogen and oxygen atoms in total. The first-order chi connectivity index (χ1) is 22.0. The van der Waals surface area contributed by atoms with Gasteiger partial charge in [-0.15, -0.1) is 0 Å². The molecule has 3 aromatic carbocycles. The summed E-state index contributed by atoms with van der Waals surface area (Å²) in [4.78, 5) is 56.0. The number of carboxylic acids is 1. The molecule has 242 valence electrons. The van der Waals surface area contributed by atoms with Crippen LogP contribution in [-0.2, 0) is 38.4 Å². The van der Waals surface area contributed by atoms with Crippen molar-refractivity contribution in [2.45, 2.75) is 63.7 Å². The van der Waals surface area contributed by atoms with Crippen LogP contribution in [0.4, 0.5) is 0 Å². The maximum absolute atomic E-state index is 13.8. The van der Waals surface area contributed by atoms with Crippen LogP contribution < -0.4 is 21.7 Å². The SMILES string of the molecule is CC(C)CC(N)C(=O)NC(Cc1ccc(O)cc1)C(=O)NC(Cc1ccccc1)C(=O)NC(Cc1c[nH]c2ccccc12)C(=O)O. The zero-order valence-corrected chi connectivity index (χ0v) is 25.9. The zero-order valence-electron chi connectivity index (χ0n) is 25.9. The molecule has 3 amide bonds. The van der Waals surface area contributed by atoms with Crippen LogP contribution in [-0.4, -0.2) is 63.1 Å². The first-order valence-electron chi connectivity index (χ1n) is 15.3. The average Bonchev–Trinajstić information content (AvgIpc) is 3.43. The van der Waals surface area contributed by atoms with Crippen LogP contribution in [0.25, 0.3) is 10.9 Å². The number of aliphatic carboxylic acids is 1. The van der Waals surface area contributed by atoms with Gasteiger partial charge in [-0.2, -0.15) is 0 Å². The number of H-pyrrole nitrogens is 1. The maximum Gasteiger partial charge on any atom is 0.326 e. The molecule has 4 rings (SSSR count). The molecule has 0 radical (unpaired) electrons. The van der Waals surface area contributed by atoms with E-state index in [0.717, 1.165) is 22.0 Å². The minimum Gasteiger partial charge on any atom is -0.508 e. The van der Waals surface area contributed by atoms with Gasteiger partial charge in [-0.3, -0.25) is 14.4 Å². The number of amides is 3. The molecule has 1 heterocycles. The molecule has 46 heavy (non-hydrogen) atoms. The molecule has 11 heteroatoms. The number of hydrogen-bond donors (Lipinski definition) is 7. The van der Waals surface area contributed by atoms with Gasteiger partial charge in [0, 0.05) is 36.4 Å². The standard InChI is InChI=1S/C35H41N5O6/c1-21(2)16-27(36)32(42)38-29(18-23-12-14-25(41)15-13-23)33(43)39-30(17-22-8-4-3-5-9-22)34(44)40-31(35(45)46)19-24-20-37-28-11-7-6-10-26(24)28/h3-15,20-21,27,29-31,37,41H,16-19,36H2,1-2H3,(H,38,42)(H,39,43)(H,40,44)(H,45,46). The summed E-state index contributed by atoms with van der Waals surface area (Å²) >= 11 is 0. The Hall–Kier alpha value is -5.16. The summed E-state index contributed by atoms with van der Waals surface area (Å²) in [5.74, 6) is -2.86. The van der Waals surface area contributed by atoms with Crippen LogP contribution in [0.5, 0.6) is 5.75 Å². The van der Waals surface area contributed by atoms with Gasteiger partial charge in [0.2, 0.25) is 17.7 Å². The molecule has 0 saturated carbocycles. The third-order valence-corrected chi connectivity index (χ3v) is 7.70. The van der Waals surface area contributed by atoms with E-state index in [1.807, 2.05) is 44.2 Å². The molecule has 0 aliphatic heterocycles. The number of carbonyl (C=O) groups is 4. The van der Waals surface area contributed by atoms with Crippen LogP contribution in [0.2, 0.25) is 0 Å². The van der Waals surface area contributed by atoms with Crippen molar-refractivity contribution in [3.05, 3.63) is 102 Å². The molecular weight excluding hydrogens is 586 g/mol. The first-order valence-corrected chi connectivity index (χ1v) is 15.3. The van der Waals surface area contributed by atoms with E-state index >= 15 is 0 Å². The number of aromatic amines is 1. The van der Waals surface area contributed by atoms with Gasteiger partial charge in [0.1, 0.15) is 23.9 Å². The number of nitrogens with two attached hydrogens (primary N) is 1. The van der Waals surface area contributed by atoms with Gasteiger partial charge in [0.15, 0.2) is 0 Å². The summed E-state index contributed by atoms with van der Waals surface area (Å²) in [6.45, 7) is 3.87. The number of carboxylic acid groups (broad SMARTS) is 1. The number of phenolic OH excluding ortho intramolecular Hbond substituents is 1. The number of phenols is 1. The Morgan fingerprint density at radius 2 is 1.26 bits per heavy atom. The minimum atomic E-state index is -1.27. The fraction of sp³-hybridized carbons (Fsp3) is 0.314. The lowest BCUT2D eigenvalue weighted by molar-refractivity contribution is -0.142. The quantitative estimate of drug-likeness (QED) is 0.106. The van der Waals surface area contributed by atoms with Gasteiger partial charge in [0.25, 0.3) is 0 Å². The molecule has 0 fully saturated rings. The average molecular weight is 628 g/mol. The fourth-order valence-electron chi connectivity index (χ4n) is 5.29. The third kappa shape index (κ3) is 9.42. The van der Waals surface area contributed by atoms with E-state index in [-0.39, 0.29) is 30.9 Å². The van der Waals surface area contributed by atoms with Crippen molar-refractivity contribution in [3.8, 4) is 5.75 Å². The second-order valence-corrected chi connectivity index (χ2v) is 11.9. The summed E-state index contributed by atoms with van der Waals surface area (Å²) < 4.78 is 0. The van der Waals surface area contributed by atoms with Crippen molar-refractivity contribution in [2.24, 2.45) is 11.7 Å². The molecule has 4 atom stereocenters. The lowest BCUT2D eigenvalue weighted by Gasteiger charge is -2.26. The van der Waals surface area contributed by atoms with Crippen LogP contribution in [0.15, 0.2) is 85.1 Å². The summed E-state index contributed by atoms with van der Waals surface area (Å²) in [5, 5.41) is 28.7. The van der Waals surface area contributed by atoms with E-state index in [2.05, 4.69) is 20.9 Å². The number of hydrogen-bond acceptors (Lipinski definition) is 6. The molecule has 0 bridgehead atoms. The lowest BCUT2D eigenvalue weighted by Crippen LogP contribution is -2.58. The highest BCUT2D eigenvalue weighted by Crippen LogP contribution is 2.19. The number of rotatable bonds is 15. The lowest BCUT2D eigenvalue weighted by atomic mass is 10.00. The number of carbonyl (C=O) groups excluding carboxylic acids is 3. The maximum atomic E-state index is 13.8. The van der Waals surface area contributed by atoms with E-state index in [9.17, 15) is 29.4 Å². The second kappa shape index (κ2) is 15.7. The van der Waals surface area contributed by atoms with Crippen molar-refractivity contribution >= 4 is 34.6 Å². The normalized spacial score (nSPS) is 13.8. The van der Waals surface area contributed by atoms with E-state index in [1.165, 1.54) is 12.1 Å². The monoisotopic (exact) mass is 627 g/mol. The minimum absolute atomic E-state index is 0.0182. The highest BCUT2D eigenvalue weighted by atomic mass is 16.4. The Morgan fingerprint density at radius 3 is 1.87 bits per heavy atom. The Morgan fingerprint density at radius 1 is 0.717 bits per heavy atom. The predicted octanol–water partition coefficient (Wildman–Crippen LogP) is 2.81. The van der Waals surface area contributed by atoms with E-state index in [1.54, 1.807) is 42.6 Å². The van der Waals surface area contributed by atoms with Crippen LogP contribution >= 0.6 is 0 Å². The summed E-state index contributed by atoms with van der Waals surface area (Å²) in [6, 6.07) is 18.3. The Kier molecular flexibility index (Phi) is 11.5. The Labute approximate surface area is 267 Å². The van der Waals surface area contributed by atoms with Crippen LogP contribution in [0.3, 0.4) is 0 Å². The molecule has 0 spiro atoms. The highest BCUT2D eigenvalue weighted by Gasteiger charge is 2.31. The van der Waals surface area contributed by atoms with Gasteiger partial charge in [-0.1, -0.05) is 74.5 Å². The molecule has 0 saturated heterocycles. The van der Waals surface area contributed by atoms with Crippen LogP contribution in [0.1, 0.15) is 37.0 Å². The van der Waals surface area contributed by atoms with Gasteiger partial charge in [-0.05, 0) is 47.2 Å². The molecule has 1 aromatic heterocycles. The van der Waals surface area contributed by atoms with Crippen molar-refractivity contribution in [1.29, 1.82) is 0 Å². The number of aromatic hydroxyl groups is 1. The predicted molar refractivity (Wildman–Crippen MR) is 175 cm³/mol.